The van der Waals surface area contributed by atoms with Crippen LogP contribution in [-0.2, 0) is 6.54 Å². The largest absolute Gasteiger partial charge is 0.370 e. The van der Waals surface area contributed by atoms with Gasteiger partial charge < -0.3 is 4.90 Å². The van der Waals surface area contributed by atoms with Crippen molar-refractivity contribution in [3.63, 3.8) is 0 Å². The number of benzene rings is 1. The maximum absolute atomic E-state index is 11.6. The minimum absolute atomic E-state index is 0.135. The number of nitro benzene ring substituents is 1. The van der Waals surface area contributed by atoms with Gasteiger partial charge in [-0.2, -0.15) is 0 Å². The predicted molar refractivity (Wildman–Crippen MR) is 87.2 cm³/mol. The van der Waals surface area contributed by atoms with Gasteiger partial charge >= 0.3 is 0 Å². The van der Waals surface area contributed by atoms with Crippen molar-refractivity contribution < 1.29 is 9.72 Å². The molecule has 0 aliphatic carbocycles. The van der Waals surface area contributed by atoms with Crippen LogP contribution in [-0.4, -0.2) is 17.8 Å². The molecule has 0 atom stereocenters. The van der Waals surface area contributed by atoms with Gasteiger partial charge in [0.1, 0.15) is 0 Å². The SMILES string of the molecule is CC(=O)c1cc(N(C)Cc2csc(Br)c2)ccc1[N+](=O)[O-]. The van der Waals surface area contributed by atoms with E-state index in [1.54, 1.807) is 23.5 Å². The van der Waals surface area contributed by atoms with Gasteiger partial charge in [-0.15, -0.1) is 11.3 Å². The number of hydrogen-bond acceptors (Lipinski definition) is 5. The number of hydrogen-bond donors (Lipinski definition) is 0. The molecular formula is C14H13BrN2O3S. The van der Waals surface area contributed by atoms with Gasteiger partial charge in [0.25, 0.3) is 5.69 Å². The first-order chi connectivity index (χ1) is 9.88. The van der Waals surface area contributed by atoms with Gasteiger partial charge in [-0.1, -0.05) is 0 Å². The van der Waals surface area contributed by atoms with Crippen LogP contribution < -0.4 is 4.90 Å². The number of nitrogens with zero attached hydrogens (tertiary/aromatic N) is 2. The Labute approximate surface area is 134 Å². The lowest BCUT2D eigenvalue weighted by Gasteiger charge is -2.19. The highest BCUT2D eigenvalue weighted by Crippen LogP contribution is 2.27. The molecule has 0 saturated carbocycles. The maximum atomic E-state index is 11.6. The lowest BCUT2D eigenvalue weighted by atomic mass is 10.1. The van der Waals surface area contributed by atoms with Crippen molar-refractivity contribution in [3.05, 3.63) is 54.7 Å². The fraction of sp³-hybridized carbons (Fsp3) is 0.214. The summed E-state index contributed by atoms with van der Waals surface area (Å²) in [5.41, 5.74) is 1.89. The summed E-state index contributed by atoms with van der Waals surface area (Å²) in [5.74, 6) is -0.310. The van der Waals surface area contributed by atoms with Crippen molar-refractivity contribution >= 4 is 44.4 Å². The van der Waals surface area contributed by atoms with E-state index in [1.165, 1.54) is 13.0 Å². The van der Waals surface area contributed by atoms with Crippen molar-refractivity contribution in [3.8, 4) is 0 Å². The van der Waals surface area contributed by atoms with Crippen LogP contribution in [0.2, 0.25) is 0 Å². The molecule has 7 heteroatoms. The number of anilines is 1. The average molecular weight is 369 g/mol. The third-order valence-electron chi connectivity index (χ3n) is 3.04. The van der Waals surface area contributed by atoms with Crippen LogP contribution >= 0.6 is 27.3 Å². The van der Waals surface area contributed by atoms with E-state index in [9.17, 15) is 14.9 Å². The van der Waals surface area contributed by atoms with E-state index >= 15 is 0 Å². The lowest BCUT2D eigenvalue weighted by Crippen LogP contribution is -2.16. The summed E-state index contributed by atoms with van der Waals surface area (Å²) < 4.78 is 1.05. The van der Waals surface area contributed by atoms with Crippen molar-refractivity contribution in [2.24, 2.45) is 0 Å². The van der Waals surface area contributed by atoms with Crippen molar-refractivity contribution in [1.82, 2.24) is 0 Å². The number of nitro groups is 1. The predicted octanol–water partition coefficient (Wildman–Crippen LogP) is 4.26. The van der Waals surface area contributed by atoms with Crippen LogP contribution in [0, 0.1) is 10.1 Å². The molecule has 0 aliphatic rings. The number of ketones is 1. The topological polar surface area (TPSA) is 63.5 Å². The molecule has 0 N–H and O–H groups in total. The fourth-order valence-corrected chi connectivity index (χ4v) is 3.20. The Kier molecular flexibility index (Phi) is 4.74. The average Bonchev–Trinajstić information content (AvgIpc) is 2.83. The molecule has 0 unspecified atom stereocenters. The summed E-state index contributed by atoms with van der Waals surface area (Å²) in [6.45, 7) is 2.00. The van der Waals surface area contributed by atoms with Crippen LogP contribution in [0.4, 0.5) is 11.4 Å². The molecule has 2 rings (SSSR count). The number of halogens is 1. The molecule has 0 bridgehead atoms. The highest BCUT2D eigenvalue weighted by Gasteiger charge is 2.18. The number of carbonyl (C=O) groups is 1. The molecular weight excluding hydrogens is 356 g/mol. The van der Waals surface area contributed by atoms with Crippen LogP contribution in [0.3, 0.4) is 0 Å². The zero-order valence-electron chi connectivity index (χ0n) is 11.5. The quantitative estimate of drug-likeness (QED) is 0.449. The monoisotopic (exact) mass is 368 g/mol. The first-order valence-corrected chi connectivity index (χ1v) is 7.79. The van der Waals surface area contributed by atoms with Crippen molar-refractivity contribution in [1.29, 1.82) is 0 Å². The number of Topliss-reactive ketones (excluding diaryl/α,β-unsaturated/α-hetero) is 1. The molecule has 21 heavy (non-hydrogen) atoms. The van der Waals surface area contributed by atoms with Crippen LogP contribution in [0.15, 0.2) is 33.4 Å². The number of rotatable bonds is 5. The van der Waals surface area contributed by atoms with Gasteiger partial charge in [0.15, 0.2) is 5.78 Å². The Bertz CT molecular complexity index is 699. The van der Waals surface area contributed by atoms with Crippen LogP contribution in [0.5, 0.6) is 0 Å². The molecule has 0 saturated heterocycles. The summed E-state index contributed by atoms with van der Waals surface area (Å²) in [6, 6.07) is 6.64. The van der Waals surface area contributed by atoms with E-state index in [2.05, 4.69) is 15.9 Å². The fourth-order valence-electron chi connectivity index (χ4n) is 2.00. The molecule has 0 spiro atoms. The Morgan fingerprint density at radius 1 is 1.43 bits per heavy atom. The molecule has 0 fully saturated rings. The molecule has 1 aromatic heterocycles. The zero-order valence-corrected chi connectivity index (χ0v) is 13.9. The van der Waals surface area contributed by atoms with Gasteiger partial charge in [-0.3, -0.25) is 14.9 Å². The third kappa shape index (κ3) is 3.68. The minimum atomic E-state index is -0.531. The van der Waals surface area contributed by atoms with E-state index < -0.39 is 4.92 Å². The molecule has 110 valence electrons. The Morgan fingerprint density at radius 2 is 2.14 bits per heavy atom. The number of thiophene rings is 1. The van der Waals surface area contributed by atoms with Gasteiger partial charge in [0.05, 0.1) is 14.3 Å². The Hall–Kier alpha value is -1.73. The minimum Gasteiger partial charge on any atom is -0.370 e. The summed E-state index contributed by atoms with van der Waals surface area (Å²) in [5, 5.41) is 13.0. The first kappa shape index (κ1) is 15.7. The molecule has 0 radical (unpaired) electrons. The second-order valence-corrected chi connectivity index (χ2v) is 6.92. The standard InChI is InChI=1S/C14H13BrN2O3S/c1-9(18)12-6-11(3-4-13(12)17(19)20)16(2)7-10-5-14(15)21-8-10/h3-6,8H,7H2,1-2H3. The molecule has 0 aliphatic heterocycles. The van der Waals surface area contributed by atoms with Gasteiger partial charge in [0, 0.05) is 25.3 Å². The second-order valence-electron chi connectivity index (χ2n) is 4.63. The third-order valence-corrected chi connectivity index (χ3v) is 4.59. The van der Waals surface area contributed by atoms with Gasteiger partial charge in [0.2, 0.25) is 0 Å². The molecule has 2 aromatic rings. The van der Waals surface area contributed by atoms with Crippen LogP contribution in [0.1, 0.15) is 22.8 Å². The van der Waals surface area contributed by atoms with E-state index in [0.717, 1.165) is 15.0 Å². The second kappa shape index (κ2) is 6.36. The highest BCUT2D eigenvalue weighted by atomic mass is 79.9. The number of carbonyl (C=O) groups excluding carboxylic acids is 1. The molecule has 1 heterocycles. The van der Waals surface area contributed by atoms with Gasteiger partial charge in [-0.05, 0) is 52.0 Å². The smallest absolute Gasteiger partial charge is 0.280 e. The van der Waals surface area contributed by atoms with E-state index in [4.69, 9.17) is 0 Å². The first-order valence-electron chi connectivity index (χ1n) is 6.12. The lowest BCUT2D eigenvalue weighted by molar-refractivity contribution is -0.385. The molecule has 5 nitrogen and oxygen atoms in total. The normalized spacial score (nSPS) is 10.4. The van der Waals surface area contributed by atoms with E-state index in [0.29, 0.717) is 6.54 Å². The summed E-state index contributed by atoms with van der Waals surface area (Å²) in [6.07, 6.45) is 0. The summed E-state index contributed by atoms with van der Waals surface area (Å²) in [7, 11) is 1.89. The molecule has 1 aromatic carbocycles. The highest BCUT2D eigenvalue weighted by molar-refractivity contribution is 9.11. The summed E-state index contributed by atoms with van der Waals surface area (Å²) >= 11 is 5.02. The van der Waals surface area contributed by atoms with Crippen molar-refractivity contribution in [2.45, 2.75) is 13.5 Å². The zero-order chi connectivity index (χ0) is 15.6. The molecule has 0 amide bonds. The Balaban J connectivity index is 2.29. The van der Waals surface area contributed by atoms with Gasteiger partial charge in [-0.25, -0.2) is 0 Å². The van der Waals surface area contributed by atoms with Crippen LogP contribution in [0.25, 0.3) is 0 Å². The van der Waals surface area contributed by atoms with Crippen molar-refractivity contribution in [2.75, 3.05) is 11.9 Å². The maximum Gasteiger partial charge on any atom is 0.280 e. The summed E-state index contributed by atoms with van der Waals surface area (Å²) in [4.78, 5) is 23.9. The van der Waals surface area contributed by atoms with E-state index in [-0.39, 0.29) is 17.0 Å². The van der Waals surface area contributed by atoms with E-state index in [1.807, 2.05) is 23.4 Å². The Morgan fingerprint density at radius 3 is 2.67 bits per heavy atom.